The fourth-order valence-electron chi connectivity index (χ4n) is 1.86. The molecule has 2 N–H and O–H groups in total. The first-order valence-corrected chi connectivity index (χ1v) is 9.07. The van der Waals surface area contributed by atoms with Crippen molar-refractivity contribution in [1.29, 1.82) is 0 Å². The van der Waals surface area contributed by atoms with Crippen LogP contribution in [0.25, 0.3) is 0 Å². The van der Waals surface area contributed by atoms with Crippen LogP contribution in [0.3, 0.4) is 0 Å². The molecule has 0 radical (unpaired) electrons. The lowest BCUT2D eigenvalue weighted by atomic mass is 10.1. The van der Waals surface area contributed by atoms with Crippen molar-refractivity contribution < 1.29 is 9.18 Å². The summed E-state index contributed by atoms with van der Waals surface area (Å²) in [5, 5.41) is 5.80. The highest BCUT2D eigenvalue weighted by Gasteiger charge is 1.91. The molecule has 1 aromatic rings. The van der Waals surface area contributed by atoms with E-state index in [2.05, 4.69) is 22.8 Å². The second-order valence-corrected chi connectivity index (χ2v) is 4.95. The lowest BCUT2D eigenvalue weighted by molar-refractivity contribution is -0.109. The quantitative estimate of drug-likeness (QED) is 0.374. The molecule has 0 aromatic heterocycles. The third-order valence-electron chi connectivity index (χ3n) is 3.11. The summed E-state index contributed by atoms with van der Waals surface area (Å²) in [6, 6.07) is 6.54. The van der Waals surface area contributed by atoms with Gasteiger partial charge in [-0.2, -0.15) is 0 Å². The largest absolute Gasteiger partial charge is 0.359 e. The van der Waals surface area contributed by atoms with Crippen molar-refractivity contribution in [3.63, 3.8) is 0 Å². The van der Waals surface area contributed by atoms with Gasteiger partial charge in [0.05, 0.1) is 0 Å². The maximum Gasteiger partial charge on any atom is 0.207 e. The van der Waals surface area contributed by atoms with Crippen LogP contribution in [0.4, 0.5) is 4.39 Å². The van der Waals surface area contributed by atoms with Crippen LogP contribution in [0.15, 0.2) is 48.1 Å². The Morgan fingerprint density at radius 1 is 1.16 bits per heavy atom. The average molecular weight is 351 g/mol. The van der Waals surface area contributed by atoms with E-state index in [4.69, 9.17) is 0 Å². The second-order valence-electron chi connectivity index (χ2n) is 4.95. The van der Waals surface area contributed by atoms with Gasteiger partial charge < -0.3 is 10.6 Å². The molecule has 0 bridgehead atoms. The van der Waals surface area contributed by atoms with Crippen LogP contribution >= 0.6 is 0 Å². The Balaban J connectivity index is 0. The normalized spacial score (nSPS) is 10.4. The number of hydrogen-bond acceptors (Lipinski definition) is 2. The smallest absolute Gasteiger partial charge is 0.207 e. The molecule has 0 spiro atoms. The molecular formula is C21H35FN2O. The predicted octanol–water partition coefficient (Wildman–Crippen LogP) is 5.00. The topological polar surface area (TPSA) is 41.1 Å². The number of allylic oxidation sites excluding steroid dienone is 4. The number of carbonyl (C=O) groups excluding carboxylic acids is 1. The van der Waals surface area contributed by atoms with Gasteiger partial charge in [0, 0.05) is 13.1 Å². The van der Waals surface area contributed by atoms with E-state index in [9.17, 15) is 9.18 Å². The number of hydrogen-bond donors (Lipinski definition) is 2. The van der Waals surface area contributed by atoms with Crippen molar-refractivity contribution in [3.8, 4) is 0 Å². The number of rotatable bonds is 9. The Bertz CT molecular complexity index is 467. The Morgan fingerprint density at radius 2 is 1.80 bits per heavy atom. The van der Waals surface area contributed by atoms with Gasteiger partial charge in [0.1, 0.15) is 5.82 Å². The van der Waals surface area contributed by atoms with E-state index in [-0.39, 0.29) is 5.82 Å². The highest BCUT2D eigenvalue weighted by molar-refractivity contribution is 5.45. The van der Waals surface area contributed by atoms with E-state index in [1.165, 1.54) is 17.7 Å². The minimum Gasteiger partial charge on any atom is -0.359 e. The molecule has 1 amide bonds. The number of nitrogens with one attached hydrogen (secondary N) is 2. The van der Waals surface area contributed by atoms with Crippen molar-refractivity contribution in [3.05, 3.63) is 59.4 Å². The maximum atomic E-state index is 12.4. The van der Waals surface area contributed by atoms with E-state index >= 15 is 0 Å². The molecule has 0 heterocycles. The van der Waals surface area contributed by atoms with Crippen LogP contribution in [0.2, 0.25) is 0 Å². The number of amides is 1. The number of carbonyl (C=O) groups is 1. The Labute approximate surface area is 153 Å². The van der Waals surface area contributed by atoms with Crippen LogP contribution in [0, 0.1) is 5.82 Å². The van der Waals surface area contributed by atoms with E-state index in [1.54, 1.807) is 12.1 Å². The van der Waals surface area contributed by atoms with Gasteiger partial charge in [-0.05, 0) is 50.9 Å². The molecule has 142 valence electrons. The van der Waals surface area contributed by atoms with E-state index in [0.29, 0.717) is 0 Å². The van der Waals surface area contributed by atoms with Gasteiger partial charge in [-0.1, -0.05) is 56.7 Å². The molecule has 1 aromatic carbocycles. The Kier molecular flexibility index (Phi) is 20.3. The molecule has 0 aliphatic rings. The summed E-state index contributed by atoms with van der Waals surface area (Å²) in [6.45, 7) is 12.6. The summed E-state index contributed by atoms with van der Waals surface area (Å²) >= 11 is 0. The zero-order valence-corrected chi connectivity index (χ0v) is 16.4. The third kappa shape index (κ3) is 16.7. The molecule has 0 atom stereocenters. The van der Waals surface area contributed by atoms with Crippen LogP contribution in [0.5, 0.6) is 0 Å². The third-order valence-corrected chi connectivity index (χ3v) is 3.11. The Hall–Kier alpha value is -1.94. The van der Waals surface area contributed by atoms with E-state index in [1.807, 2.05) is 40.7 Å². The monoisotopic (exact) mass is 350 g/mol. The summed E-state index contributed by atoms with van der Waals surface area (Å²) < 4.78 is 12.4. The summed E-state index contributed by atoms with van der Waals surface area (Å²) in [4.78, 5) is 9.91. The molecule has 1 rings (SSSR count). The molecule has 4 heteroatoms. The number of halogens is 1. The molecule has 25 heavy (non-hydrogen) atoms. The summed E-state index contributed by atoms with van der Waals surface area (Å²) in [5.41, 5.74) is 2.44. The Morgan fingerprint density at radius 3 is 2.28 bits per heavy atom. The predicted molar refractivity (Wildman–Crippen MR) is 107 cm³/mol. The van der Waals surface area contributed by atoms with Crippen molar-refractivity contribution in [2.24, 2.45) is 0 Å². The van der Waals surface area contributed by atoms with Gasteiger partial charge in [0.25, 0.3) is 0 Å². The fourth-order valence-corrected chi connectivity index (χ4v) is 1.86. The molecule has 0 saturated carbocycles. The zero-order chi connectivity index (χ0) is 19.3. The van der Waals surface area contributed by atoms with Crippen LogP contribution < -0.4 is 10.6 Å². The van der Waals surface area contributed by atoms with Gasteiger partial charge >= 0.3 is 0 Å². The maximum absolute atomic E-state index is 12.4. The van der Waals surface area contributed by atoms with Gasteiger partial charge in [0.15, 0.2) is 0 Å². The molecular weight excluding hydrogens is 315 g/mol. The number of benzene rings is 1. The standard InChI is InChI=1S/C10H17NO.C9H12FN.C2H6/c1-3-6-10(4-2)7-5-8-11-9-12;1-2-11-7-8-3-5-9(10)6-4-8;1-2/h3-4,6,9H,5,7-8H2,1-2H3,(H,11,12);3-6,11H,2,7H2,1H3;1-2H3/b6-3-,10-4+;;. The van der Waals surface area contributed by atoms with Crippen molar-refractivity contribution in [2.45, 2.75) is 54.0 Å². The van der Waals surface area contributed by atoms with Crippen molar-refractivity contribution in [2.75, 3.05) is 13.1 Å². The van der Waals surface area contributed by atoms with Crippen LogP contribution in [-0.2, 0) is 11.3 Å². The summed E-state index contributed by atoms with van der Waals surface area (Å²) in [6.07, 6.45) is 9.00. The molecule has 0 aliphatic heterocycles. The first-order valence-electron chi connectivity index (χ1n) is 9.07. The lowest BCUT2D eigenvalue weighted by Crippen LogP contribution is -2.11. The van der Waals surface area contributed by atoms with Gasteiger partial charge in [-0.25, -0.2) is 4.39 Å². The molecule has 0 unspecified atom stereocenters. The minimum absolute atomic E-state index is 0.176. The summed E-state index contributed by atoms with van der Waals surface area (Å²) in [5.74, 6) is -0.176. The first kappa shape index (κ1) is 25.3. The van der Waals surface area contributed by atoms with E-state index in [0.717, 1.165) is 44.4 Å². The van der Waals surface area contributed by atoms with Crippen LogP contribution in [-0.4, -0.2) is 19.5 Å². The molecule has 3 nitrogen and oxygen atoms in total. The first-order chi connectivity index (χ1) is 12.2. The highest BCUT2D eigenvalue weighted by Crippen LogP contribution is 2.05. The van der Waals surface area contributed by atoms with Gasteiger partial charge in [-0.15, -0.1) is 0 Å². The highest BCUT2D eigenvalue weighted by atomic mass is 19.1. The zero-order valence-electron chi connectivity index (χ0n) is 16.4. The molecule has 0 aliphatic carbocycles. The molecule has 0 fully saturated rings. The van der Waals surface area contributed by atoms with E-state index < -0.39 is 0 Å². The minimum atomic E-state index is -0.176. The van der Waals surface area contributed by atoms with Gasteiger partial charge in [0.2, 0.25) is 6.41 Å². The SMILES string of the molecule is C/C=C\C(=C/C)CCCNC=O.CC.CCNCc1ccc(F)cc1. The van der Waals surface area contributed by atoms with Crippen LogP contribution in [0.1, 0.15) is 53.0 Å². The van der Waals surface area contributed by atoms with Crippen molar-refractivity contribution in [1.82, 2.24) is 10.6 Å². The summed E-state index contributed by atoms with van der Waals surface area (Å²) in [7, 11) is 0. The molecule has 0 saturated heterocycles. The van der Waals surface area contributed by atoms with Gasteiger partial charge in [-0.3, -0.25) is 4.79 Å². The average Bonchev–Trinajstić information content (AvgIpc) is 2.66. The fraction of sp³-hybridized carbons (Fsp3) is 0.476. The lowest BCUT2D eigenvalue weighted by Gasteiger charge is -2.00. The second kappa shape index (κ2) is 20.1. The van der Waals surface area contributed by atoms with Crippen molar-refractivity contribution >= 4 is 6.41 Å².